The maximum atomic E-state index is 10.6. The Morgan fingerprint density at radius 1 is 1.38 bits per heavy atom. The number of hydrogen-bond donors (Lipinski definition) is 3. The first-order valence-electron chi connectivity index (χ1n) is 7.81. The molecule has 0 bridgehead atoms. The average molecular weight is 327 g/mol. The van der Waals surface area contributed by atoms with E-state index in [4.69, 9.17) is 10.8 Å². The molecule has 1 aromatic carbocycles. The van der Waals surface area contributed by atoms with Gasteiger partial charge in [0.25, 0.3) is 0 Å². The molecule has 7 nitrogen and oxygen atoms in total. The van der Waals surface area contributed by atoms with Gasteiger partial charge in [-0.2, -0.15) is 0 Å². The maximum Gasteiger partial charge on any atom is 0.404 e. The van der Waals surface area contributed by atoms with E-state index in [0.717, 1.165) is 27.7 Å². The van der Waals surface area contributed by atoms with Crippen LogP contribution in [0.15, 0.2) is 36.9 Å². The number of amides is 1. The van der Waals surface area contributed by atoms with Crippen molar-refractivity contribution >= 4 is 17.0 Å². The van der Waals surface area contributed by atoms with Crippen molar-refractivity contribution in [2.24, 2.45) is 12.8 Å². The number of carboxylic acid groups (broad SMARTS) is 1. The largest absolute Gasteiger partial charge is 0.465 e. The Kier molecular flexibility index (Phi) is 4.52. The molecule has 0 aliphatic rings. The van der Waals surface area contributed by atoms with Crippen molar-refractivity contribution in [3.8, 4) is 0 Å². The van der Waals surface area contributed by atoms with E-state index in [1.165, 1.54) is 0 Å². The number of hydrogen-bond acceptors (Lipinski definition) is 3. The van der Waals surface area contributed by atoms with Gasteiger partial charge in [0.2, 0.25) is 0 Å². The zero-order valence-electron chi connectivity index (χ0n) is 13.6. The number of nitrogens with zero attached hydrogens (tertiary/aromatic N) is 3. The molecule has 2 heterocycles. The van der Waals surface area contributed by atoms with E-state index in [1.807, 2.05) is 23.9 Å². The minimum atomic E-state index is -1.00. The Balaban J connectivity index is 1.94. The zero-order chi connectivity index (χ0) is 17.1. The third kappa shape index (κ3) is 3.41. The summed E-state index contributed by atoms with van der Waals surface area (Å²) >= 11 is 0. The molecule has 0 saturated heterocycles. The third-order valence-corrected chi connectivity index (χ3v) is 4.03. The van der Waals surface area contributed by atoms with E-state index in [1.54, 1.807) is 6.33 Å². The number of fused-ring (bicyclic) bond motifs is 1. The molecular weight excluding hydrogens is 306 g/mol. The van der Waals surface area contributed by atoms with Crippen LogP contribution in [-0.4, -0.2) is 31.9 Å². The number of carbonyl (C=O) groups is 1. The molecular formula is C17H21N5O2. The molecule has 0 saturated carbocycles. The van der Waals surface area contributed by atoms with E-state index in [0.29, 0.717) is 26.1 Å². The fourth-order valence-electron chi connectivity index (χ4n) is 2.90. The highest BCUT2D eigenvalue weighted by molar-refractivity contribution is 5.85. The fraction of sp³-hybridized carbons (Fsp3) is 0.294. The SMILES string of the molecule is Cn1cnc(Cn2cc(CCNC(=O)O)c3ccc(CN)cc32)c1. The van der Waals surface area contributed by atoms with Crippen molar-refractivity contribution in [3.63, 3.8) is 0 Å². The van der Waals surface area contributed by atoms with Crippen molar-refractivity contribution < 1.29 is 9.90 Å². The van der Waals surface area contributed by atoms with Crippen molar-refractivity contribution in [1.29, 1.82) is 0 Å². The molecule has 2 aromatic heterocycles. The molecule has 0 fully saturated rings. The van der Waals surface area contributed by atoms with Crippen LogP contribution in [0.1, 0.15) is 16.8 Å². The predicted octanol–water partition coefficient (Wildman–Crippen LogP) is 1.69. The second kappa shape index (κ2) is 6.76. The smallest absolute Gasteiger partial charge is 0.404 e. The molecule has 0 aliphatic carbocycles. The van der Waals surface area contributed by atoms with Crippen LogP contribution in [0.5, 0.6) is 0 Å². The van der Waals surface area contributed by atoms with Crippen LogP contribution >= 0.6 is 0 Å². The monoisotopic (exact) mass is 327 g/mol. The van der Waals surface area contributed by atoms with Crippen LogP contribution in [0, 0.1) is 0 Å². The van der Waals surface area contributed by atoms with Crippen LogP contribution in [0.2, 0.25) is 0 Å². The first-order valence-corrected chi connectivity index (χ1v) is 7.81. The summed E-state index contributed by atoms with van der Waals surface area (Å²) in [5.74, 6) is 0. The summed E-state index contributed by atoms with van der Waals surface area (Å²) in [4.78, 5) is 15.0. The standard InChI is InChI=1S/C17H21N5O2/c1-21-9-14(20-11-21)10-22-8-13(4-5-19-17(23)24)15-3-2-12(7-18)6-16(15)22/h2-3,6,8-9,11,19H,4-5,7,10,18H2,1H3,(H,23,24). The molecule has 126 valence electrons. The minimum Gasteiger partial charge on any atom is -0.465 e. The van der Waals surface area contributed by atoms with Crippen molar-refractivity contribution in [2.75, 3.05) is 6.54 Å². The van der Waals surface area contributed by atoms with E-state index < -0.39 is 6.09 Å². The number of benzene rings is 1. The van der Waals surface area contributed by atoms with Gasteiger partial charge in [0, 0.05) is 43.4 Å². The van der Waals surface area contributed by atoms with Crippen LogP contribution in [0.3, 0.4) is 0 Å². The lowest BCUT2D eigenvalue weighted by molar-refractivity contribution is 0.194. The second-order valence-electron chi connectivity index (χ2n) is 5.85. The van der Waals surface area contributed by atoms with Gasteiger partial charge in [-0.15, -0.1) is 0 Å². The zero-order valence-corrected chi connectivity index (χ0v) is 13.6. The highest BCUT2D eigenvalue weighted by atomic mass is 16.4. The van der Waals surface area contributed by atoms with Crippen LogP contribution in [0.25, 0.3) is 10.9 Å². The van der Waals surface area contributed by atoms with Gasteiger partial charge in [-0.25, -0.2) is 9.78 Å². The number of nitrogens with one attached hydrogen (secondary N) is 1. The number of nitrogens with two attached hydrogens (primary N) is 1. The van der Waals surface area contributed by atoms with Gasteiger partial charge in [0.15, 0.2) is 0 Å². The number of aryl methyl sites for hydroxylation is 1. The number of imidazole rings is 1. The lowest BCUT2D eigenvalue weighted by Gasteiger charge is -2.04. The van der Waals surface area contributed by atoms with E-state index >= 15 is 0 Å². The Labute approximate surface area is 139 Å². The lowest BCUT2D eigenvalue weighted by Crippen LogP contribution is -2.23. The summed E-state index contributed by atoms with van der Waals surface area (Å²) in [6.07, 6.45) is 5.48. The summed E-state index contributed by atoms with van der Waals surface area (Å²) in [5, 5.41) is 12.3. The van der Waals surface area contributed by atoms with Crippen LogP contribution in [-0.2, 0) is 26.6 Å². The lowest BCUT2D eigenvalue weighted by atomic mass is 10.1. The highest BCUT2D eigenvalue weighted by Gasteiger charge is 2.11. The minimum absolute atomic E-state index is 0.386. The maximum absolute atomic E-state index is 10.6. The van der Waals surface area contributed by atoms with E-state index in [-0.39, 0.29) is 0 Å². The molecule has 7 heteroatoms. The molecule has 0 aliphatic heterocycles. The molecule has 3 rings (SSSR count). The summed E-state index contributed by atoms with van der Waals surface area (Å²) in [7, 11) is 1.94. The second-order valence-corrected chi connectivity index (χ2v) is 5.85. The van der Waals surface area contributed by atoms with Gasteiger partial charge in [0.05, 0.1) is 18.6 Å². The number of aromatic nitrogens is 3. The Morgan fingerprint density at radius 2 is 2.21 bits per heavy atom. The Hall–Kier alpha value is -2.80. The molecule has 0 radical (unpaired) electrons. The molecule has 0 atom stereocenters. The molecule has 3 aromatic rings. The molecule has 0 unspecified atom stereocenters. The van der Waals surface area contributed by atoms with Crippen molar-refractivity contribution in [2.45, 2.75) is 19.5 Å². The first kappa shape index (κ1) is 16.1. The highest BCUT2D eigenvalue weighted by Crippen LogP contribution is 2.24. The Morgan fingerprint density at radius 3 is 2.88 bits per heavy atom. The van der Waals surface area contributed by atoms with Gasteiger partial charge in [0.1, 0.15) is 0 Å². The summed E-state index contributed by atoms with van der Waals surface area (Å²) in [6.45, 7) is 1.54. The third-order valence-electron chi connectivity index (χ3n) is 4.03. The molecule has 4 N–H and O–H groups in total. The average Bonchev–Trinajstić information content (AvgIpc) is 3.11. The van der Waals surface area contributed by atoms with Gasteiger partial charge in [-0.1, -0.05) is 12.1 Å². The van der Waals surface area contributed by atoms with Crippen LogP contribution in [0.4, 0.5) is 4.79 Å². The topological polar surface area (TPSA) is 98.1 Å². The normalized spacial score (nSPS) is 11.1. The Bertz CT molecular complexity index is 865. The molecule has 0 spiro atoms. The van der Waals surface area contributed by atoms with Gasteiger partial charge < -0.3 is 25.3 Å². The van der Waals surface area contributed by atoms with Gasteiger partial charge in [-0.3, -0.25) is 0 Å². The fourth-order valence-corrected chi connectivity index (χ4v) is 2.90. The van der Waals surface area contributed by atoms with Crippen molar-refractivity contribution in [1.82, 2.24) is 19.4 Å². The van der Waals surface area contributed by atoms with Gasteiger partial charge >= 0.3 is 6.09 Å². The first-order chi connectivity index (χ1) is 11.6. The summed E-state index contributed by atoms with van der Waals surface area (Å²) in [5.41, 5.74) is 10.0. The van der Waals surface area contributed by atoms with E-state index in [9.17, 15) is 4.79 Å². The summed E-state index contributed by atoms with van der Waals surface area (Å²) in [6, 6.07) is 6.16. The van der Waals surface area contributed by atoms with Crippen LogP contribution < -0.4 is 11.1 Å². The predicted molar refractivity (Wildman–Crippen MR) is 91.9 cm³/mol. The summed E-state index contributed by atoms with van der Waals surface area (Å²) < 4.78 is 4.07. The molecule has 24 heavy (non-hydrogen) atoms. The molecule has 1 amide bonds. The van der Waals surface area contributed by atoms with Gasteiger partial charge in [-0.05, 0) is 23.6 Å². The quantitative estimate of drug-likeness (QED) is 0.641. The van der Waals surface area contributed by atoms with E-state index in [2.05, 4.69) is 33.2 Å². The van der Waals surface area contributed by atoms with Crippen molar-refractivity contribution in [3.05, 3.63) is 53.7 Å². The number of rotatable bonds is 6.